The van der Waals surface area contributed by atoms with Gasteiger partial charge in [-0.25, -0.2) is 9.52 Å². The maximum atomic E-state index is 11.0. The molecule has 0 spiro atoms. The lowest BCUT2D eigenvalue weighted by molar-refractivity contribution is 0.177. The fourth-order valence-corrected chi connectivity index (χ4v) is 1.48. The molecule has 0 fully saturated rings. The molecule has 0 saturated carbocycles. The van der Waals surface area contributed by atoms with Crippen LogP contribution in [-0.4, -0.2) is 34.2 Å². The summed E-state index contributed by atoms with van der Waals surface area (Å²) in [5.74, 6) is 0. The van der Waals surface area contributed by atoms with Crippen molar-refractivity contribution >= 4 is 16.3 Å². The second kappa shape index (κ2) is 5.00. The second-order valence-corrected chi connectivity index (χ2v) is 3.80. The van der Waals surface area contributed by atoms with Crippen molar-refractivity contribution in [2.75, 3.05) is 13.7 Å². The minimum Gasteiger partial charge on any atom is -0.452 e. The molecule has 0 aromatic rings. The van der Waals surface area contributed by atoms with Crippen molar-refractivity contribution in [1.29, 1.82) is 0 Å². The molecular formula is C5H13N3O4S. The highest BCUT2D eigenvalue weighted by molar-refractivity contribution is 7.88. The summed E-state index contributed by atoms with van der Waals surface area (Å²) in [6, 6.07) is -0.442. The monoisotopic (exact) mass is 211 g/mol. The molecule has 0 rings (SSSR count). The zero-order chi connectivity index (χ0) is 10.5. The third-order valence-electron chi connectivity index (χ3n) is 1.11. The predicted octanol–water partition coefficient (Wildman–Crippen LogP) is -1.48. The number of nitrogens with two attached hydrogens (primary N) is 1. The van der Waals surface area contributed by atoms with Crippen molar-refractivity contribution < 1.29 is 17.9 Å². The Balaban J connectivity index is 4.17. The van der Waals surface area contributed by atoms with E-state index in [1.165, 1.54) is 0 Å². The van der Waals surface area contributed by atoms with Crippen LogP contribution in [0, 0.1) is 0 Å². The first-order valence-electron chi connectivity index (χ1n) is 3.49. The molecule has 0 aliphatic rings. The van der Waals surface area contributed by atoms with Gasteiger partial charge in [-0.2, -0.15) is 13.1 Å². The zero-order valence-corrected chi connectivity index (χ0v) is 8.22. The molecule has 0 aliphatic carbocycles. The van der Waals surface area contributed by atoms with Crippen molar-refractivity contribution in [2.24, 2.45) is 5.73 Å². The highest BCUT2D eigenvalue weighted by Crippen LogP contribution is 1.84. The SMILES string of the molecule is COC(=O)NS(=O)(=O)NC(C)CN. The van der Waals surface area contributed by atoms with Crippen LogP contribution in [0.3, 0.4) is 0 Å². The summed E-state index contributed by atoms with van der Waals surface area (Å²) in [6.45, 7) is 1.71. The molecule has 0 aliphatic heterocycles. The molecule has 0 radical (unpaired) electrons. The van der Waals surface area contributed by atoms with Crippen molar-refractivity contribution in [2.45, 2.75) is 13.0 Å². The Morgan fingerprint density at radius 3 is 2.54 bits per heavy atom. The molecule has 0 aromatic heterocycles. The topological polar surface area (TPSA) is 111 Å². The standard InChI is InChI=1S/C5H13N3O4S/c1-4(3-6)7-13(10,11)8-5(9)12-2/h4,7H,3,6H2,1-2H3,(H,8,9). The normalized spacial score (nSPS) is 13.5. The van der Waals surface area contributed by atoms with Gasteiger partial charge >= 0.3 is 16.3 Å². The Morgan fingerprint density at radius 1 is 1.62 bits per heavy atom. The lowest BCUT2D eigenvalue weighted by atomic mass is 10.4. The van der Waals surface area contributed by atoms with Crippen LogP contribution in [0.25, 0.3) is 0 Å². The van der Waals surface area contributed by atoms with Crippen LogP contribution >= 0.6 is 0 Å². The molecule has 0 bridgehead atoms. The van der Waals surface area contributed by atoms with Crippen LogP contribution in [0.2, 0.25) is 0 Å². The Bertz CT molecular complexity index is 263. The van der Waals surface area contributed by atoms with Gasteiger partial charge in [-0.15, -0.1) is 0 Å². The second-order valence-electron chi connectivity index (χ2n) is 2.35. The summed E-state index contributed by atoms with van der Waals surface area (Å²) in [6.07, 6.45) is -1.04. The van der Waals surface area contributed by atoms with Crippen LogP contribution in [-0.2, 0) is 14.9 Å². The Kier molecular flexibility index (Phi) is 4.67. The van der Waals surface area contributed by atoms with E-state index in [1.54, 1.807) is 11.6 Å². The smallest absolute Gasteiger partial charge is 0.421 e. The average molecular weight is 211 g/mol. The van der Waals surface area contributed by atoms with E-state index in [2.05, 4.69) is 9.46 Å². The van der Waals surface area contributed by atoms with Gasteiger partial charge in [0, 0.05) is 12.6 Å². The Labute approximate surface area is 76.8 Å². The summed E-state index contributed by atoms with van der Waals surface area (Å²) in [4.78, 5) is 10.5. The van der Waals surface area contributed by atoms with Crippen LogP contribution in [0.15, 0.2) is 0 Å². The first kappa shape index (κ1) is 12.1. The van der Waals surface area contributed by atoms with E-state index in [0.29, 0.717) is 0 Å². The highest BCUT2D eigenvalue weighted by Gasteiger charge is 2.16. The lowest BCUT2D eigenvalue weighted by Crippen LogP contribution is -2.46. The number of rotatable bonds is 4. The van der Waals surface area contributed by atoms with E-state index < -0.39 is 22.3 Å². The molecule has 1 amide bonds. The third kappa shape index (κ3) is 5.39. The average Bonchev–Trinajstić information content (AvgIpc) is 2.02. The molecular weight excluding hydrogens is 198 g/mol. The van der Waals surface area contributed by atoms with E-state index in [0.717, 1.165) is 7.11 Å². The van der Waals surface area contributed by atoms with E-state index >= 15 is 0 Å². The Hall–Kier alpha value is -0.860. The number of carbonyl (C=O) groups is 1. The lowest BCUT2D eigenvalue weighted by Gasteiger charge is -2.11. The molecule has 0 heterocycles. The molecule has 0 saturated heterocycles. The van der Waals surface area contributed by atoms with Gasteiger partial charge in [0.05, 0.1) is 7.11 Å². The van der Waals surface area contributed by atoms with Gasteiger partial charge in [0.2, 0.25) is 0 Å². The quantitative estimate of drug-likeness (QED) is 0.525. The highest BCUT2D eigenvalue weighted by atomic mass is 32.2. The first-order chi connectivity index (χ1) is 5.91. The summed E-state index contributed by atoms with van der Waals surface area (Å²) in [5.41, 5.74) is 5.17. The summed E-state index contributed by atoms with van der Waals surface area (Å²) >= 11 is 0. The summed E-state index contributed by atoms with van der Waals surface area (Å²) < 4.78 is 29.8. The Morgan fingerprint density at radius 2 is 2.15 bits per heavy atom. The number of nitrogens with one attached hydrogen (secondary N) is 2. The fraction of sp³-hybridized carbons (Fsp3) is 0.800. The van der Waals surface area contributed by atoms with Crippen molar-refractivity contribution in [3.8, 4) is 0 Å². The number of hydrogen-bond donors (Lipinski definition) is 3. The molecule has 1 unspecified atom stereocenters. The number of amides is 1. The molecule has 13 heavy (non-hydrogen) atoms. The van der Waals surface area contributed by atoms with Gasteiger partial charge < -0.3 is 10.5 Å². The minimum absolute atomic E-state index is 0.141. The molecule has 4 N–H and O–H groups in total. The number of hydrogen-bond acceptors (Lipinski definition) is 5. The molecule has 1 atom stereocenters. The van der Waals surface area contributed by atoms with E-state index in [1.807, 2.05) is 0 Å². The van der Waals surface area contributed by atoms with Crippen molar-refractivity contribution in [1.82, 2.24) is 9.44 Å². The van der Waals surface area contributed by atoms with Crippen LogP contribution in [0.4, 0.5) is 4.79 Å². The maximum Gasteiger partial charge on any atom is 0.421 e. The van der Waals surface area contributed by atoms with Gasteiger partial charge in [0.1, 0.15) is 0 Å². The van der Waals surface area contributed by atoms with Crippen LogP contribution in [0.5, 0.6) is 0 Å². The number of carbonyl (C=O) groups excluding carboxylic acids is 1. The third-order valence-corrected chi connectivity index (χ3v) is 2.26. The van der Waals surface area contributed by atoms with E-state index in [-0.39, 0.29) is 6.54 Å². The fourth-order valence-electron chi connectivity index (χ4n) is 0.494. The van der Waals surface area contributed by atoms with Crippen LogP contribution < -0.4 is 15.2 Å². The van der Waals surface area contributed by atoms with E-state index in [9.17, 15) is 13.2 Å². The van der Waals surface area contributed by atoms with Gasteiger partial charge in [0.15, 0.2) is 0 Å². The zero-order valence-electron chi connectivity index (χ0n) is 7.40. The molecule has 7 nitrogen and oxygen atoms in total. The minimum atomic E-state index is -3.86. The molecule has 8 heteroatoms. The summed E-state index contributed by atoms with van der Waals surface area (Å²) in [5, 5.41) is 0. The maximum absolute atomic E-state index is 11.0. The predicted molar refractivity (Wildman–Crippen MR) is 46.1 cm³/mol. The van der Waals surface area contributed by atoms with Gasteiger partial charge in [-0.05, 0) is 6.92 Å². The van der Waals surface area contributed by atoms with Crippen molar-refractivity contribution in [3.05, 3.63) is 0 Å². The molecule has 78 valence electrons. The number of methoxy groups -OCH3 is 1. The van der Waals surface area contributed by atoms with Gasteiger partial charge in [-0.3, -0.25) is 0 Å². The number of ether oxygens (including phenoxy) is 1. The largest absolute Gasteiger partial charge is 0.452 e. The van der Waals surface area contributed by atoms with E-state index in [4.69, 9.17) is 5.73 Å². The first-order valence-corrected chi connectivity index (χ1v) is 4.97. The van der Waals surface area contributed by atoms with Gasteiger partial charge in [0.25, 0.3) is 0 Å². The molecule has 0 aromatic carbocycles. The summed E-state index contributed by atoms with van der Waals surface area (Å²) in [7, 11) is -2.79. The van der Waals surface area contributed by atoms with Gasteiger partial charge in [-0.1, -0.05) is 0 Å². The van der Waals surface area contributed by atoms with Crippen LogP contribution in [0.1, 0.15) is 6.92 Å². The van der Waals surface area contributed by atoms with Crippen molar-refractivity contribution in [3.63, 3.8) is 0 Å².